The number of anilines is 1. The molecule has 1 aromatic rings. The van der Waals surface area contributed by atoms with E-state index in [2.05, 4.69) is 27.8 Å². The molecule has 1 heterocycles. The van der Waals surface area contributed by atoms with Crippen LogP contribution in [0.5, 0.6) is 0 Å². The van der Waals surface area contributed by atoms with Gasteiger partial charge in [-0.25, -0.2) is 14.7 Å². The zero-order valence-corrected chi connectivity index (χ0v) is 16.2. The molecule has 1 unspecified atom stereocenters. The molecule has 0 aliphatic heterocycles. The maximum absolute atomic E-state index is 12.7. The summed E-state index contributed by atoms with van der Waals surface area (Å²) in [4.78, 5) is 18.8. The monoisotopic (exact) mass is 388 g/mol. The lowest BCUT2D eigenvalue weighted by atomic mass is 9.84. The largest absolute Gasteiger partial charge is 0.443 e. The van der Waals surface area contributed by atoms with Gasteiger partial charge in [0.05, 0.1) is 9.98 Å². The third-order valence-corrected chi connectivity index (χ3v) is 5.48. The number of hydrogen-bond donors (Lipinski definition) is 0. The normalized spacial score (nSPS) is 18.0. The van der Waals surface area contributed by atoms with Crippen LogP contribution >= 0.6 is 27.3 Å². The van der Waals surface area contributed by atoms with Gasteiger partial charge in [0.1, 0.15) is 5.60 Å². The van der Waals surface area contributed by atoms with Gasteiger partial charge in [0.15, 0.2) is 5.13 Å². The molecule has 0 aromatic carbocycles. The summed E-state index contributed by atoms with van der Waals surface area (Å²) in [6.07, 6.45) is 7.59. The first-order valence-corrected chi connectivity index (χ1v) is 9.52. The maximum atomic E-state index is 12.7. The lowest BCUT2D eigenvalue weighted by Gasteiger charge is -2.36. The second-order valence-electron chi connectivity index (χ2n) is 6.94. The molecule has 6 heteroatoms. The van der Waals surface area contributed by atoms with Gasteiger partial charge in [0.2, 0.25) is 0 Å². The Hall–Kier alpha value is -0.620. The first-order valence-electron chi connectivity index (χ1n) is 7.91. The van der Waals surface area contributed by atoms with Gasteiger partial charge < -0.3 is 4.74 Å². The number of carbonyl (C=O) groups is 1. The summed E-state index contributed by atoms with van der Waals surface area (Å²) in [5, 5.41) is 0.708. The summed E-state index contributed by atoms with van der Waals surface area (Å²) in [5.74, 6) is 0.518. The van der Waals surface area contributed by atoms with E-state index in [-0.39, 0.29) is 12.1 Å². The van der Waals surface area contributed by atoms with Crippen molar-refractivity contribution in [1.29, 1.82) is 0 Å². The van der Waals surface area contributed by atoms with Crippen molar-refractivity contribution in [3.05, 3.63) is 9.98 Å². The van der Waals surface area contributed by atoms with E-state index >= 15 is 0 Å². The third-order valence-electron chi connectivity index (χ3n) is 4.00. The topological polar surface area (TPSA) is 42.4 Å². The van der Waals surface area contributed by atoms with Gasteiger partial charge in [0, 0.05) is 6.04 Å². The van der Waals surface area contributed by atoms with Crippen molar-refractivity contribution in [3.63, 3.8) is 0 Å². The van der Waals surface area contributed by atoms with Gasteiger partial charge >= 0.3 is 6.09 Å². The molecule has 2 rings (SSSR count). The predicted octanol–water partition coefficient (Wildman–Crippen LogP) is 5.62. The fraction of sp³-hybridized carbons (Fsp3) is 0.750. The molecule has 1 aliphatic carbocycles. The Morgan fingerprint density at radius 3 is 2.55 bits per heavy atom. The number of hydrogen-bond acceptors (Lipinski definition) is 4. The zero-order chi connectivity index (χ0) is 16.3. The quantitative estimate of drug-likeness (QED) is 0.674. The number of nitrogens with zero attached hydrogens (tertiary/aromatic N) is 2. The van der Waals surface area contributed by atoms with E-state index in [4.69, 9.17) is 4.74 Å². The Kier molecular flexibility index (Phi) is 5.88. The maximum Gasteiger partial charge on any atom is 0.416 e. The number of ether oxygens (including phenoxy) is 1. The van der Waals surface area contributed by atoms with E-state index < -0.39 is 5.60 Å². The van der Waals surface area contributed by atoms with E-state index in [1.165, 1.54) is 43.4 Å². The standard InChI is InChI=1S/C16H25BrN2O2S/c1-11(12-8-6-5-7-9-12)19(14-18-10-13(17)22-14)15(20)21-16(2,3)4/h10-12H,5-9H2,1-4H3. The van der Waals surface area contributed by atoms with Crippen LogP contribution in [0.15, 0.2) is 9.98 Å². The van der Waals surface area contributed by atoms with Gasteiger partial charge in [-0.3, -0.25) is 0 Å². The second-order valence-corrected chi connectivity index (χ2v) is 9.32. The highest BCUT2D eigenvalue weighted by atomic mass is 79.9. The van der Waals surface area contributed by atoms with Crippen LogP contribution in [0.4, 0.5) is 9.93 Å². The summed E-state index contributed by atoms with van der Waals surface area (Å²) in [5.41, 5.74) is -0.504. The number of halogens is 1. The number of carbonyl (C=O) groups excluding carboxylic acids is 1. The van der Waals surface area contributed by atoms with E-state index in [1.807, 2.05) is 20.8 Å². The van der Waals surface area contributed by atoms with Gasteiger partial charge in [-0.05, 0) is 62.4 Å². The Labute approximate surface area is 145 Å². The molecule has 4 nitrogen and oxygen atoms in total. The fourth-order valence-electron chi connectivity index (χ4n) is 2.91. The summed E-state index contributed by atoms with van der Waals surface area (Å²) in [7, 11) is 0. The van der Waals surface area contributed by atoms with E-state index in [1.54, 1.807) is 11.1 Å². The van der Waals surface area contributed by atoms with Gasteiger partial charge in [-0.15, -0.1) is 0 Å². The van der Waals surface area contributed by atoms with Crippen molar-refractivity contribution in [1.82, 2.24) is 4.98 Å². The minimum Gasteiger partial charge on any atom is -0.443 e. The van der Waals surface area contributed by atoms with Crippen LogP contribution in [-0.4, -0.2) is 22.7 Å². The van der Waals surface area contributed by atoms with Crippen molar-refractivity contribution in [3.8, 4) is 0 Å². The van der Waals surface area contributed by atoms with Crippen molar-refractivity contribution >= 4 is 38.5 Å². The highest BCUT2D eigenvalue weighted by Crippen LogP contribution is 2.35. The number of thiazole rings is 1. The van der Waals surface area contributed by atoms with Crippen molar-refractivity contribution in [2.45, 2.75) is 71.4 Å². The molecular weight excluding hydrogens is 364 g/mol. The first kappa shape index (κ1) is 17.7. The lowest BCUT2D eigenvalue weighted by molar-refractivity contribution is 0.0552. The molecule has 0 bridgehead atoms. The highest BCUT2D eigenvalue weighted by molar-refractivity contribution is 9.11. The molecule has 1 amide bonds. The molecule has 22 heavy (non-hydrogen) atoms. The Morgan fingerprint density at radius 1 is 1.41 bits per heavy atom. The third kappa shape index (κ3) is 4.69. The summed E-state index contributed by atoms with van der Waals surface area (Å²) >= 11 is 4.91. The molecule has 124 valence electrons. The van der Waals surface area contributed by atoms with Crippen LogP contribution in [0.2, 0.25) is 0 Å². The zero-order valence-electron chi connectivity index (χ0n) is 13.8. The average Bonchev–Trinajstić information content (AvgIpc) is 2.84. The SMILES string of the molecule is CC(C1CCCCC1)N(C(=O)OC(C)(C)C)c1ncc(Br)s1. The molecule has 1 saturated carbocycles. The van der Waals surface area contributed by atoms with Crippen LogP contribution < -0.4 is 4.90 Å². The average molecular weight is 389 g/mol. The second kappa shape index (κ2) is 7.30. The molecule has 1 fully saturated rings. The van der Waals surface area contributed by atoms with Gasteiger partial charge in [0.25, 0.3) is 0 Å². The van der Waals surface area contributed by atoms with E-state index in [0.717, 1.165) is 3.79 Å². The molecule has 1 aromatic heterocycles. The Morgan fingerprint density at radius 2 is 2.05 bits per heavy atom. The molecular formula is C16H25BrN2O2S. The van der Waals surface area contributed by atoms with Crippen molar-refractivity contribution < 1.29 is 9.53 Å². The summed E-state index contributed by atoms with van der Waals surface area (Å²) < 4.78 is 6.54. The molecule has 0 spiro atoms. The summed E-state index contributed by atoms with van der Waals surface area (Å²) in [6, 6.07) is 0.105. The highest BCUT2D eigenvalue weighted by Gasteiger charge is 2.34. The molecule has 1 atom stereocenters. The Balaban J connectivity index is 2.22. The van der Waals surface area contributed by atoms with Crippen LogP contribution in [0.1, 0.15) is 59.8 Å². The number of rotatable bonds is 3. The van der Waals surface area contributed by atoms with Gasteiger partial charge in [-0.1, -0.05) is 30.6 Å². The van der Waals surface area contributed by atoms with Gasteiger partial charge in [-0.2, -0.15) is 0 Å². The van der Waals surface area contributed by atoms with Crippen LogP contribution in [0.3, 0.4) is 0 Å². The fourth-order valence-corrected chi connectivity index (χ4v) is 4.18. The number of amides is 1. The smallest absolute Gasteiger partial charge is 0.416 e. The van der Waals surface area contributed by atoms with Crippen LogP contribution in [0, 0.1) is 5.92 Å². The lowest BCUT2D eigenvalue weighted by Crippen LogP contribution is -2.46. The van der Waals surface area contributed by atoms with Crippen molar-refractivity contribution in [2.24, 2.45) is 5.92 Å². The predicted molar refractivity (Wildman–Crippen MR) is 94.6 cm³/mol. The summed E-state index contributed by atoms with van der Waals surface area (Å²) in [6.45, 7) is 7.81. The minimum atomic E-state index is -0.504. The van der Waals surface area contributed by atoms with Crippen LogP contribution in [-0.2, 0) is 4.74 Å². The molecule has 0 radical (unpaired) electrons. The Bertz CT molecular complexity index is 506. The van der Waals surface area contributed by atoms with E-state index in [9.17, 15) is 4.79 Å². The van der Waals surface area contributed by atoms with Crippen molar-refractivity contribution in [2.75, 3.05) is 4.90 Å². The minimum absolute atomic E-state index is 0.105. The molecule has 0 N–H and O–H groups in total. The first-order chi connectivity index (χ1) is 10.3. The van der Waals surface area contributed by atoms with Crippen LogP contribution in [0.25, 0.3) is 0 Å². The van der Waals surface area contributed by atoms with E-state index in [0.29, 0.717) is 11.0 Å². The molecule has 1 aliphatic rings. The number of aromatic nitrogens is 1. The molecule has 0 saturated heterocycles.